The average Bonchev–Trinajstić information content (AvgIpc) is 2.79. The van der Waals surface area contributed by atoms with Gasteiger partial charge in [-0.25, -0.2) is 4.79 Å². The molecule has 2 aromatic rings. The Balaban J connectivity index is 1.90. The largest absolute Gasteiger partial charge is 0.338 e. The molecule has 0 aliphatic rings. The SMILES string of the molecule is CCn1nc(C)c(CCNC(=O)Nc2cccc(C)c2C)c1C. The van der Waals surface area contributed by atoms with Gasteiger partial charge >= 0.3 is 6.03 Å². The van der Waals surface area contributed by atoms with Crippen LogP contribution in [0.2, 0.25) is 0 Å². The summed E-state index contributed by atoms with van der Waals surface area (Å²) in [6.45, 7) is 11.7. The molecule has 2 N–H and O–H groups in total. The van der Waals surface area contributed by atoms with Crippen molar-refractivity contribution in [3.05, 3.63) is 46.3 Å². The summed E-state index contributed by atoms with van der Waals surface area (Å²) in [5.41, 5.74) is 6.56. The first kappa shape index (κ1) is 17.1. The van der Waals surface area contributed by atoms with Crippen LogP contribution < -0.4 is 10.6 Å². The average molecular weight is 314 g/mol. The van der Waals surface area contributed by atoms with E-state index in [1.54, 1.807) is 0 Å². The van der Waals surface area contributed by atoms with Gasteiger partial charge in [-0.15, -0.1) is 0 Å². The molecule has 0 unspecified atom stereocenters. The molecule has 0 aliphatic carbocycles. The number of carbonyl (C=O) groups excluding carboxylic acids is 1. The van der Waals surface area contributed by atoms with Crippen molar-refractivity contribution in [1.29, 1.82) is 0 Å². The van der Waals surface area contributed by atoms with Crippen LogP contribution in [0, 0.1) is 27.7 Å². The molecule has 0 saturated carbocycles. The summed E-state index contributed by atoms with van der Waals surface area (Å²) in [4.78, 5) is 12.1. The van der Waals surface area contributed by atoms with Crippen molar-refractivity contribution in [2.45, 2.75) is 47.6 Å². The van der Waals surface area contributed by atoms with E-state index in [9.17, 15) is 4.79 Å². The Morgan fingerprint density at radius 1 is 1.22 bits per heavy atom. The number of hydrogen-bond donors (Lipinski definition) is 2. The van der Waals surface area contributed by atoms with E-state index >= 15 is 0 Å². The number of nitrogens with one attached hydrogen (secondary N) is 2. The van der Waals surface area contributed by atoms with Gasteiger partial charge in [0.2, 0.25) is 0 Å². The summed E-state index contributed by atoms with van der Waals surface area (Å²) in [7, 11) is 0. The third-order valence-electron chi connectivity index (χ3n) is 4.34. The van der Waals surface area contributed by atoms with Crippen LogP contribution in [0.5, 0.6) is 0 Å². The molecule has 0 fully saturated rings. The topological polar surface area (TPSA) is 59.0 Å². The first-order chi connectivity index (χ1) is 10.9. The standard InChI is InChI=1S/C18H26N4O/c1-6-22-15(5)16(14(4)21-22)10-11-19-18(23)20-17-9-7-8-12(2)13(17)3/h7-9H,6,10-11H2,1-5H3,(H2,19,20,23). The highest BCUT2D eigenvalue weighted by atomic mass is 16.2. The highest BCUT2D eigenvalue weighted by molar-refractivity contribution is 5.90. The maximum atomic E-state index is 12.1. The summed E-state index contributed by atoms with van der Waals surface area (Å²) < 4.78 is 2.00. The fourth-order valence-electron chi connectivity index (χ4n) is 2.76. The van der Waals surface area contributed by atoms with Crippen LogP contribution in [0.4, 0.5) is 10.5 Å². The lowest BCUT2D eigenvalue weighted by atomic mass is 10.1. The van der Waals surface area contributed by atoms with Crippen LogP contribution in [-0.4, -0.2) is 22.4 Å². The highest BCUT2D eigenvalue weighted by Crippen LogP contribution is 2.17. The van der Waals surface area contributed by atoms with Gasteiger partial charge < -0.3 is 10.6 Å². The predicted octanol–water partition coefficient (Wildman–Crippen LogP) is 3.50. The zero-order chi connectivity index (χ0) is 17.0. The molecule has 5 heteroatoms. The molecule has 0 radical (unpaired) electrons. The molecule has 23 heavy (non-hydrogen) atoms. The fourth-order valence-corrected chi connectivity index (χ4v) is 2.76. The molecule has 1 heterocycles. The van der Waals surface area contributed by atoms with Crippen LogP contribution in [0.25, 0.3) is 0 Å². The van der Waals surface area contributed by atoms with E-state index in [0.717, 1.165) is 29.9 Å². The summed E-state index contributed by atoms with van der Waals surface area (Å²) in [6.07, 6.45) is 0.790. The van der Waals surface area contributed by atoms with Crippen LogP contribution >= 0.6 is 0 Å². The molecule has 124 valence electrons. The van der Waals surface area contributed by atoms with Crippen LogP contribution in [0.3, 0.4) is 0 Å². The van der Waals surface area contributed by atoms with E-state index in [4.69, 9.17) is 0 Å². The van der Waals surface area contributed by atoms with Gasteiger partial charge in [0.05, 0.1) is 5.69 Å². The van der Waals surface area contributed by atoms with Crippen molar-refractivity contribution in [3.8, 4) is 0 Å². The Bertz CT molecular complexity index is 703. The summed E-state index contributed by atoms with van der Waals surface area (Å²) in [6, 6.07) is 5.73. The number of aromatic nitrogens is 2. The Morgan fingerprint density at radius 3 is 2.61 bits per heavy atom. The number of nitrogens with zero attached hydrogens (tertiary/aromatic N) is 2. The minimum absolute atomic E-state index is 0.170. The summed E-state index contributed by atoms with van der Waals surface area (Å²) in [5, 5.41) is 10.3. The maximum absolute atomic E-state index is 12.1. The first-order valence-corrected chi connectivity index (χ1v) is 8.08. The van der Waals surface area contributed by atoms with E-state index < -0.39 is 0 Å². The molecule has 1 aromatic heterocycles. The number of urea groups is 1. The van der Waals surface area contributed by atoms with Gasteiger partial charge in [0.25, 0.3) is 0 Å². The lowest BCUT2D eigenvalue weighted by molar-refractivity contribution is 0.252. The van der Waals surface area contributed by atoms with E-state index in [-0.39, 0.29) is 6.03 Å². The fraction of sp³-hybridized carbons (Fsp3) is 0.444. The smallest absolute Gasteiger partial charge is 0.319 e. The van der Waals surface area contributed by atoms with Crippen LogP contribution in [0.1, 0.15) is 35.0 Å². The second-order valence-electron chi connectivity index (χ2n) is 5.84. The second kappa shape index (κ2) is 7.31. The van der Waals surface area contributed by atoms with Gasteiger partial charge in [-0.1, -0.05) is 12.1 Å². The van der Waals surface area contributed by atoms with Gasteiger partial charge in [-0.3, -0.25) is 4.68 Å². The molecule has 0 spiro atoms. The minimum atomic E-state index is -0.170. The van der Waals surface area contributed by atoms with Crippen molar-refractivity contribution in [3.63, 3.8) is 0 Å². The molecular weight excluding hydrogens is 288 g/mol. The molecule has 2 amide bonds. The third-order valence-corrected chi connectivity index (χ3v) is 4.34. The van der Waals surface area contributed by atoms with Gasteiger partial charge in [0.15, 0.2) is 0 Å². The Hall–Kier alpha value is -2.30. The van der Waals surface area contributed by atoms with E-state index in [0.29, 0.717) is 6.54 Å². The van der Waals surface area contributed by atoms with E-state index in [1.165, 1.54) is 16.8 Å². The van der Waals surface area contributed by atoms with Crippen LogP contribution in [0.15, 0.2) is 18.2 Å². The zero-order valence-electron chi connectivity index (χ0n) is 14.7. The van der Waals surface area contributed by atoms with Crippen molar-refractivity contribution in [2.75, 3.05) is 11.9 Å². The van der Waals surface area contributed by atoms with Gasteiger partial charge in [0, 0.05) is 24.5 Å². The number of rotatable bonds is 5. The number of benzene rings is 1. The number of aryl methyl sites for hydroxylation is 3. The highest BCUT2D eigenvalue weighted by Gasteiger charge is 2.11. The quantitative estimate of drug-likeness (QED) is 0.887. The molecule has 1 aromatic carbocycles. The van der Waals surface area contributed by atoms with Crippen molar-refractivity contribution in [1.82, 2.24) is 15.1 Å². The van der Waals surface area contributed by atoms with Gasteiger partial charge in [-0.05, 0) is 63.8 Å². The monoisotopic (exact) mass is 314 g/mol. The number of amides is 2. The van der Waals surface area contributed by atoms with Crippen molar-refractivity contribution >= 4 is 11.7 Å². The molecule has 0 saturated heterocycles. The Labute approximate surface area is 138 Å². The number of hydrogen-bond acceptors (Lipinski definition) is 2. The maximum Gasteiger partial charge on any atom is 0.319 e. The lowest BCUT2D eigenvalue weighted by Crippen LogP contribution is -2.30. The molecular formula is C18H26N4O. The van der Waals surface area contributed by atoms with Crippen LogP contribution in [-0.2, 0) is 13.0 Å². The second-order valence-corrected chi connectivity index (χ2v) is 5.84. The zero-order valence-corrected chi connectivity index (χ0v) is 14.7. The first-order valence-electron chi connectivity index (χ1n) is 8.08. The summed E-state index contributed by atoms with van der Waals surface area (Å²) in [5.74, 6) is 0. The Morgan fingerprint density at radius 2 is 1.96 bits per heavy atom. The van der Waals surface area contributed by atoms with Gasteiger partial charge in [0.1, 0.15) is 0 Å². The van der Waals surface area contributed by atoms with Crippen molar-refractivity contribution in [2.24, 2.45) is 0 Å². The predicted molar refractivity (Wildman–Crippen MR) is 94.0 cm³/mol. The van der Waals surface area contributed by atoms with Crippen molar-refractivity contribution < 1.29 is 4.79 Å². The van der Waals surface area contributed by atoms with E-state index in [2.05, 4.69) is 29.6 Å². The lowest BCUT2D eigenvalue weighted by Gasteiger charge is -2.11. The molecule has 5 nitrogen and oxygen atoms in total. The van der Waals surface area contributed by atoms with Gasteiger partial charge in [-0.2, -0.15) is 5.10 Å². The number of carbonyl (C=O) groups is 1. The third kappa shape index (κ3) is 3.92. The normalized spacial score (nSPS) is 10.7. The summed E-state index contributed by atoms with van der Waals surface area (Å²) >= 11 is 0. The number of anilines is 1. The Kier molecular flexibility index (Phi) is 5.42. The molecule has 2 rings (SSSR count). The minimum Gasteiger partial charge on any atom is -0.338 e. The molecule has 0 aliphatic heterocycles. The molecule has 0 bridgehead atoms. The molecule has 0 atom stereocenters. The van der Waals surface area contributed by atoms with E-state index in [1.807, 2.05) is 43.7 Å².